The second-order valence-corrected chi connectivity index (χ2v) is 6.17. The van der Waals surface area contributed by atoms with Crippen molar-refractivity contribution < 1.29 is 14.3 Å². The summed E-state index contributed by atoms with van der Waals surface area (Å²) >= 11 is 0. The molecule has 0 aromatic rings. The SMILES string of the molecule is O=C(C[C@H]1C=CCC1)N1CCC(O[C@@H]2CCOC2)CC1. The van der Waals surface area contributed by atoms with Gasteiger partial charge in [0.05, 0.1) is 18.8 Å². The summed E-state index contributed by atoms with van der Waals surface area (Å²) in [7, 11) is 0. The van der Waals surface area contributed by atoms with Crippen LogP contribution in [0.3, 0.4) is 0 Å². The van der Waals surface area contributed by atoms with Crippen LogP contribution < -0.4 is 0 Å². The van der Waals surface area contributed by atoms with Gasteiger partial charge < -0.3 is 14.4 Å². The number of likely N-dealkylation sites (tertiary alicyclic amines) is 1. The number of piperidine rings is 1. The summed E-state index contributed by atoms with van der Waals surface area (Å²) in [5, 5.41) is 0. The van der Waals surface area contributed by atoms with Crippen LogP contribution in [0, 0.1) is 5.92 Å². The molecule has 4 heteroatoms. The van der Waals surface area contributed by atoms with Gasteiger partial charge in [-0.05, 0) is 38.0 Å². The largest absolute Gasteiger partial charge is 0.379 e. The molecule has 0 saturated carbocycles. The van der Waals surface area contributed by atoms with Gasteiger partial charge in [-0.1, -0.05) is 12.2 Å². The fourth-order valence-electron chi connectivity index (χ4n) is 3.35. The first-order chi connectivity index (χ1) is 9.81. The zero-order valence-electron chi connectivity index (χ0n) is 12.1. The molecule has 1 amide bonds. The maximum atomic E-state index is 12.2. The topological polar surface area (TPSA) is 38.8 Å². The molecule has 20 heavy (non-hydrogen) atoms. The predicted octanol–water partition coefficient (Wildman–Crippen LogP) is 2.14. The molecule has 0 unspecified atom stereocenters. The average molecular weight is 279 g/mol. The maximum absolute atomic E-state index is 12.2. The molecule has 2 aliphatic heterocycles. The summed E-state index contributed by atoms with van der Waals surface area (Å²) in [6.07, 6.45) is 10.9. The Hall–Kier alpha value is -0.870. The van der Waals surface area contributed by atoms with Gasteiger partial charge in [-0.15, -0.1) is 0 Å². The van der Waals surface area contributed by atoms with E-state index in [0.29, 0.717) is 24.3 Å². The van der Waals surface area contributed by atoms with E-state index in [0.717, 1.165) is 58.4 Å². The predicted molar refractivity (Wildman–Crippen MR) is 76.4 cm³/mol. The lowest BCUT2D eigenvalue weighted by molar-refractivity contribution is -0.135. The Kier molecular flexibility index (Phi) is 4.73. The number of ether oxygens (including phenoxy) is 2. The van der Waals surface area contributed by atoms with E-state index in [1.54, 1.807) is 0 Å². The van der Waals surface area contributed by atoms with Gasteiger partial charge in [0.2, 0.25) is 5.91 Å². The van der Waals surface area contributed by atoms with Crippen LogP contribution in [0.15, 0.2) is 12.2 Å². The molecule has 2 fully saturated rings. The van der Waals surface area contributed by atoms with Gasteiger partial charge in [-0.25, -0.2) is 0 Å². The third kappa shape index (κ3) is 3.61. The summed E-state index contributed by atoms with van der Waals surface area (Å²) in [5.74, 6) is 0.802. The van der Waals surface area contributed by atoms with Gasteiger partial charge in [0.1, 0.15) is 0 Å². The molecule has 0 bridgehead atoms. The van der Waals surface area contributed by atoms with Crippen molar-refractivity contribution in [2.45, 2.75) is 50.7 Å². The molecular formula is C16H25NO3. The fourth-order valence-corrected chi connectivity index (χ4v) is 3.35. The number of allylic oxidation sites excluding steroid dienone is 2. The van der Waals surface area contributed by atoms with Crippen LogP contribution in [-0.4, -0.2) is 49.3 Å². The van der Waals surface area contributed by atoms with E-state index in [1.165, 1.54) is 0 Å². The van der Waals surface area contributed by atoms with Crippen LogP contribution in [0.5, 0.6) is 0 Å². The highest BCUT2D eigenvalue weighted by molar-refractivity contribution is 5.76. The van der Waals surface area contributed by atoms with Gasteiger partial charge >= 0.3 is 0 Å². The monoisotopic (exact) mass is 279 g/mol. The van der Waals surface area contributed by atoms with E-state index < -0.39 is 0 Å². The van der Waals surface area contributed by atoms with Crippen molar-refractivity contribution in [3.63, 3.8) is 0 Å². The molecule has 0 radical (unpaired) electrons. The van der Waals surface area contributed by atoms with E-state index in [9.17, 15) is 4.79 Å². The zero-order chi connectivity index (χ0) is 13.8. The molecule has 112 valence electrons. The molecule has 3 aliphatic rings. The summed E-state index contributed by atoms with van der Waals surface area (Å²) in [4.78, 5) is 14.3. The molecule has 0 spiro atoms. The Bertz CT molecular complexity index is 355. The van der Waals surface area contributed by atoms with Gasteiger partial charge in [-0.2, -0.15) is 0 Å². The Morgan fingerprint density at radius 2 is 2.05 bits per heavy atom. The van der Waals surface area contributed by atoms with Gasteiger partial charge in [-0.3, -0.25) is 4.79 Å². The van der Waals surface area contributed by atoms with E-state index in [2.05, 4.69) is 12.2 Å². The van der Waals surface area contributed by atoms with Crippen LogP contribution >= 0.6 is 0 Å². The van der Waals surface area contributed by atoms with E-state index in [4.69, 9.17) is 9.47 Å². The Labute approximate surface area is 121 Å². The molecule has 0 aromatic carbocycles. The second-order valence-electron chi connectivity index (χ2n) is 6.17. The van der Waals surface area contributed by atoms with E-state index in [1.807, 2.05) is 4.90 Å². The minimum Gasteiger partial charge on any atom is -0.379 e. The molecule has 1 aliphatic carbocycles. The minimum absolute atomic E-state index is 0.283. The molecular weight excluding hydrogens is 254 g/mol. The third-order valence-electron chi connectivity index (χ3n) is 4.62. The van der Waals surface area contributed by atoms with Crippen LogP contribution in [0.4, 0.5) is 0 Å². The molecule has 2 saturated heterocycles. The lowest BCUT2D eigenvalue weighted by atomic mass is 10.0. The van der Waals surface area contributed by atoms with Crippen LogP contribution in [0.2, 0.25) is 0 Å². The van der Waals surface area contributed by atoms with Gasteiger partial charge in [0.15, 0.2) is 0 Å². The van der Waals surface area contributed by atoms with Gasteiger partial charge in [0.25, 0.3) is 0 Å². The summed E-state index contributed by atoms with van der Waals surface area (Å²) in [6.45, 7) is 3.28. The van der Waals surface area contributed by atoms with E-state index in [-0.39, 0.29) is 6.10 Å². The average Bonchev–Trinajstić information content (AvgIpc) is 3.13. The Morgan fingerprint density at radius 3 is 2.70 bits per heavy atom. The van der Waals surface area contributed by atoms with Gasteiger partial charge in [0, 0.05) is 26.1 Å². The summed E-state index contributed by atoms with van der Waals surface area (Å²) in [6, 6.07) is 0. The smallest absolute Gasteiger partial charge is 0.223 e. The standard InChI is InChI=1S/C16H25NO3/c18-16(11-13-3-1-2-4-13)17-8-5-14(6-9-17)20-15-7-10-19-12-15/h1,3,13-15H,2,4-12H2/t13-,15+/m0/s1. The number of hydrogen-bond donors (Lipinski definition) is 0. The van der Waals surface area contributed by atoms with Crippen molar-refractivity contribution in [3.8, 4) is 0 Å². The number of hydrogen-bond acceptors (Lipinski definition) is 3. The van der Waals surface area contributed by atoms with Crippen molar-refractivity contribution in [3.05, 3.63) is 12.2 Å². The van der Waals surface area contributed by atoms with E-state index >= 15 is 0 Å². The molecule has 0 aromatic heterocycles. The fraction of sp³-hybridized carbons (Fsp3) is 0.812. The lowest BCUT2D eigenvalue weighted by Gasteiger charge is -2.33. The van der Waals surface area contributed by atoms with Crippen molar-refractivity contribution >= 4 is 5.91 Å². The Balaban J connectivity index is 1.38. The molecule has 4 nitrogen and oxygen atoms in total. The first-order valence-electron chi connectivity index (χ1n) is 7.99. The molecule has 3 rings (SSSR count). The van der Waals surface area contributed by atoms with Crippen LogP contribution in [0.25, 0.3) is 0 Å². The number of rotatable bonds is 4. The molecule has 2 heterocycles. The highest BCUT2D eigenvalue weighted by Gasteiger charge is 2.27. The highest BCUT2D eigenvalue weighted by Crippen LogP contribution is 2.23. The lowest BCUT2D eigenvalue weighted by Crippen LogP contribution is -2.42. The number of carbonyl (C=O) groups excluding carboxylic acids is 1. The normalized spacial score (nSPS) is 31.1. The minimum atomic E-state index is 0.283. The van der Waals surface area contributed by atoms with Crippen molar-refractivity contribution in [2.75, 3.05) is 26.3 Å². The first-order valence-corrected chi connectivity index (χ1v) is 7.99. The second kappa shape index (κ2) is 6.72. The summed E-state index contributed by atoms with van der Waals surface area (Å²) in [5.41, 5.74) is 0. The first kappa shape index (κ1) is 14.1. The number of nitrogens with zero attached hydrogens (tertiary/aromatic N) is 1. The summed E-state index contributed by atoms with van der Waals surface area (Å²) < 4.78 is 11.4. The zero-order valence-corrected chi connectivity index (χ0v) is 12.1. The molecule has 2 atom stereocenters. The molecule has 0 N–H and O–H groups in total. The van der Waals surface area contributed by atoms with Crippen molar-refractivity contribution in [2.24, 2.45) is 5.92 Å². The quantitative estimate of drug-likeness (QED) is 0.740. The Morgan fingerprint density at radius 1 is 1.20 bits per heavy atom. The van der Waals surface area contributed by atoms with Crippen molar-refractivity contribution in [1.82, 2.24) is 4.90 Å². The maximum Gasteiger partial charge on any atom is 0.223 e. The van der Waals surface area contributed by atoms with Crippen LogP contribution in [-0.2, 0) is 14.3 Å². The van der Waals surface area contributed by atoms with Crippen molar-refractivity contribution in [1.29, 1.82) is 0 Å². The van der Waals surface area contributed by atoms with Crippen LogP contribution in [0.1, 0.15) is 38.5 Å². The third-order valence-corrected chi connectivity index (χ3v) is 4.62. The highest BCUT2D eigenvalue weighted by atomic mass is 16.5. The number of amides is 1. The number of carbonyl (C=O) groups is 1.